The van der Waals surface area contributed by atoms with Crippen LogP contribution >= 0.6 is 11.8 Å². The minimum absolute atomic E-state index is 0.211. The molecular weight excluding hydrogens is 544 g/mol. The van der Waals surface area contributed by atoms with E-state index in [-0.39, 0.29) is 10.8 Å². The highest BCUT2D eigenvalue weighted by atomic mass is 32.2. The number of rotatable bonds is 9. The number of pyridine rings is 1. The Labute approximate surface area is 241 Å². The quantitative estimate of drug-likeness (QED) is 0.320. The molecule has 3 N–H and O–H groups in total. The first-order valence-electron chi connectivity index (χ1n) is 13.2. The maximum absolute atomic E-state index is 11.8. The summed E-state index contributed by atoms with van der Waals surface area (Å²) in [7, 11) is 1.60. The smallest absolute Gasteiger partial charge is 0.336 e. The zero-order valence-electron chi connectivity index (χ0n) is 22.7. The lowest BCUT2D eigenvalue weighted by Gasteiger charge is -2.32. The van der Waals surface area contributed by atoms with Crippen LogP contribution in [0.15, 0.2) is 47.5 Å². The monoisotopic (exact) mass is 574 g/mol. The van der Waals surface area contributed by atoms with E-state index in [0.29, 0.717) is 46.0 Å². The molecule has 2 aliphatic rings. The summed E-state index contributed by atoms with van der Waals surface area (Å²) in [5, 5.41) is 15.0. The predicted molar refractivity (Wildman–Crippen MR) is 156 cm³/mol. The highest BCUT2D eigenvalue weighted by Gasteiger charge is 2.26. The minimum atomic E-state index is -0.991. The molecule has 2 aromatic heterocycles. The van der Waals surface area contributed by atoms with Crippen LogP contribution in [-0.2, 0) is 11.3 Å². The molecule has 5 rings (SSSR count). The molecule has 3 aromatic rings. The van der Waals surface area contributed by atoms with E-state index >= 15 is 0 Å². The van der Waals surface area contributed by atoms with Crippen molar-refractivity contribution in [2.75, 3.05) is 31.6 Å². The number of aromatic carboxylic acids is 1. The molecule has 2 saturated heterocycles. The number of carboxylic acid groups (broad SMARTS) is 1. The Bertz CT molecular complexity index is 1520. The van der Waals surface area contributed by atoms with E-state index in [9.17, 15) is 19.5 Å². The number of carbonyl (C=O) groups is 3. The molecular formula is C29H30N6O5S. The number of hydrogen-bond donors (Lipinski definition) is 3. The Morgan fingerprint density at radius 2 is 2.00 bits per heavy atom. The van der Waals surface area contributed by atoms with Gasteiger partial charge >= 0.3 is 5.97 Å². The normalized spacial score (nSPS) is 16.7. The Morgan fingerprint density at radius 1 is 1.20 bits per heavy atom. The topological polar surface area (TPSA) is 147 Å². The van der Waals surface area contributed by atoms with Crippen LogP contribution in [0.4, 0.5) is 10.7 Å². The van der Waals surface area contributed by atoms with Crippen molar-refractivity contribution in [1.82, 2.24) is 25.6 Å². The lowest BCUT2D eigenvalue weighted by molar-refractivity contribution is -0.115. The van der Waals surface area contributed by atoms with Gasteiger partial charge in [-0.15, -0.1) is 0 Å². The number of thioether (sulfide) groups is 1. The van der Waals surface area contributed by atoms with Gasteiger partial charge in [-0.2, -0.15) is 0 Å². The molecule has 2 fully saturated rings. The van der Waals surface area contributed by atoms with Crippen molar-refractivity contribution >= 4 is 40.9 Å². The second kappa shape index (κ2) is 12.5. The van der Waals surface area contributed by atoms with Crippen LogP contribution in [0.2, 0.25) is 0 Å². The second-order valence-corrected chi connectivity index (χ2v) is 10.9. The minimum Gasteiger partial charge on any atom is -0.495 e. The molecule has 0 bridgehead atoms. The lowest BCUT2D eigenvalue weighted by Crippen LogP contribution is -2.38. The van der Waals surface area contributed by atoms with E-state index in [0.717, 1.165) is 55.5 Å². The van der Waals surface area contributed by atoms with Crippen molar-refractivity contribution in [3.63, 3.8) is 0 Å². The Hall–Kier alpha value is -4.29. The number of amides is 2. The zero-order chi connectivity index (χ0) is 28.9. The van der Waals surface area contributed by atoms with E-state index in [1.54, 1.807) is 43.6 Å². The molecule has 4 heterocycles. The van der Waals surface area contributed by atoms with Gasteiger partial charge in [-0.1, -0.05) is 11.6 Å². The molecule has 0 saturated carbocycles. The highest BCUT2D eigenvalue weighted by molar-refractivity contribution is 8.18. The van der Waals surface area contributed by atoms with Gasteiger partial charge in [-0.25, -0.2) is 19.7 Å². The molecule has 41 heavy (non-hydrogen) atoms. The maximum atomic E-state index is 11.8. The van der Waals surface area contributed by atoms with Gasteiger partial charge in [0.15, 0.2) is 0 Å². The predicted octanol–water partition coefficient (Wildman–Crippen LogP) is 3.88. The number of benzene rings is 1. The molecule has 0 unspecified atom stereocenters. The fourth-order valence-corrected chi connectivity index (χ4v) is 5.56. The van der Waals surface area contributed by atoms with E-state index in [4.69, 9.17) is 9.72 Å². The van der Waals surface area contributed by atoms with Gasteiger partial charge in [0.1, 0.15) is 5.75 Å². The number of carbonyl (C=O) groups excluding carboxylic acids is 2. The number of aryl methyl sites for hydroxylation is 1. The van der Waals surface area contributed by atoms with Crippen LogP contribution < -0.4 is 20.3 Å². The summed E-state index contributed by atoms with van der Waals surface area (Å²) in [5.41, 5.74) is 3.64. The summed E-state index contributed by atoms with van der Waals surface area (Å²) >= 11 is 0.865. The average Bonchev–Trinajstić information content (AvgIpc) is 3.29. The first kappa shape index (κ1) is 28.2. The van der Waals surface area contributed by atoms with Gasteiger partial charge in [-0.05, 0) is 80.4 Å². The summed E-state index contributed by atoms with van der Waals surface area (Å²) < 4.78 is 5.52. The standard InChI is InChI=1S/C29H30N6O5S/c1-17-3-4-20(27(37)38)21(13-17)22-5-6-24(40-2)23(33-22)16-30-15-18-8-11-35(12-9-18)28-31-10-7-19(32-28)14-25-26(36)34-29(39)41-25/h3-7,10,13-14,18,30H,8-9,11-12,15-16H2,1-2H3,(H,37,38)(H,34,36,39)/b25-14-. The molecule has 12 heteroatoms. The van der Waals surface area contributed by atoms with E-state index in [1.807, 2.05) is 19.1 Å². The number of nitrogens with zero attached hydrogens (tertiary/aromatic N) is 4. The van der Waals surface area contributed by atoms with Crippen LogP contribution in [0.25, 0.3) is 17.3 Å². The Morgan fingerprint density at radius 3 is 2.71 bits per heavy atom. The SMILES string of the molecule is COc1ccc(-c2cc(C)ccc2C(=O)O)nc1CNCC1CCN(c2nccc(/C=C3\SC(=O)NC3=O)n2)CC1. The highest BCUT2D eigenvalue weighted by Crippen LogP contribution is 2.28. The van der Waals surface area contributed by atoms with Gasteiger partial charge in [-0.3, -0.25) is 14.9 Å². The van der Waals surface area contributed by atoms with Crippen molar-refractivity contribution < 1.29 is 24.2 Å². The largest absolute Gasteiger partial charge is 0.495 e. The van der Waals surface area contributed by atoms with Crippen LogP contribution in [-0.4, -0.2) is 63.9 Å². The first-order valence-corrected chi connectivity index (χ1v) is 14.0. The zero-order valence-corrected chi connectivity index (χ0v) is 23.5. The molecule has 2 aliphatic heterocycles. The summed E-state index contributed by atoms with van der Waals surface area (Å²) in [5.74, 6) is 0.293. The number of carboxylic acids is 1. The number of hydrogen-bond acceptors (Lipinski definition) is 10. The molecule has 0 spiro atoms. The molecule has 0 atom stereocenters. The summed E-state index contributed by atoms with van der Waals surface area (Å²) in [6, 6.07) is 10.5. The number of methoxy groups -OCH3 is 1. The van der Waals surface area contributed by atoms with Crippen LogP contribution in [0.3, 0.4) is 0 Å². The molecule has 11 nitrogen and oxygen atoms in total. The average molecular weight is 575 g/mol. The Kier molecular flexibility index (Phi) is 8.60. The van der Waals surface area contributed by atoms with Gasteiger partial charge < -0.3 is 20.1 Å². The summed E-state index contributed by atoms with van der Waals surface area (Å²) in [6.07, 6.45) is 5.16. The maximum Gasteiger partial charge on any atom is 0.336 e. The van der Waals surface area contributed by atoms with Gasteiger partial charge in [0.2, 0.25) is 5.95 Å². The van der Waals surface area contributed by atoms with Crippen molar-refractivity contribution in [2.24, 2.45) is 5.92 Å². The second-order valence-electron chi connectivity index (χ2n) is 9.89. The molecule has 0 radical (unpaired) electrons. The van der Waals surface area contributed by atoms with E-state index in [1.165, 1.54) is 0 Å². The number of anilines is 1. The third kappa shape index (κ3) is 6.72. The summed E-state index contributed by atoms with van der Waals surface area (Å²) in [6.45, 7) is 4.79. The molecule has 212 valence electrons. The van der Waals surface area contributed by atoms with Crippen molar-refractivity contribution in [2.45, 2.75) is 26.3 Å². The van der Waals surface area contributed by atoms with Crippen LogP contribution in [0.1, 0.15) is 40.2 Å². The number of imide groups is 1. The van der Waals surface area contributed by atoms with Gasteiger partial charge in [0.05, 0.1) is 34.7 Å². The third-order valence-corrected chi connectivity index (χ3v) is 7.85. The fourth-order valence-electron chi connectivity index (χ4n) is 4.89. The fraction of sp³-hybridized carbons (Fsp3) is 0.310. The van der Waals surface area contributed by atoms with Crippen LogP contribution in [0, 0.1) is 12.8 Å². The Balaban J connectivity index is 1.18. The molecule has 1 aromatic carbocycles. The van der Waals surface area contributed by atoms with Crippen molar-refractivity contribution in [3.05, 3.63) is 70.0 Å². The molecule has 2 amide bonds. The van der Waals surface area contributed by atoms with Crippen molar-refractivity contribution in [3.8, 4) is 17.0 Å². The third-order valence-electron chi connectivity index (χ3n) is 7.04. The number of aromatic nitrogens is 3. The molecule has 0 aliphatic carbocycles. The van der Waals surface area contributed by atoms with Gasteiger partial charge in [0.25, 0.3) is 11.1 Å². The summed E-state index contributed by atoms with van der Waals surface area (Å²) in [4.78, 5) is 51.2. The van der Waals surface area contributed by atoms with E-state index < -0.39 is 11.9 Å². The number of ether oxygens (including phenoxy) is 1. The van der Waals surface area contributed by atoms with Crippen LogP contribution in [0.5, 0.6) is 5.75 Å². The lowest BCUT2D eigenvalue weighted by atomic mass is 9.97. The van der Waals surface area contributed by atoms with Crippen molar-refractivity contribution in [1.29, 1.82) is 0 Å². The number of nitrogens with one attached hydrogen (secondary N) is 2. The first-order chi connectivity index (χ1) is 19.8. The van der Waals surface area contributed by atoms with Gasteiger partial charge in [0, 0.05) is 31.4 Å². The van der Waals surface area contributed by atoms with E-state index in [2.05, 4.69) is 25.5 Å². The number of piperidine rings is 1.